The normalized spacial score (nSPS) is 11.3. The molecule has 94 valence electrons. The summed E-state index contributed by atoms with van der Waals surface area (Å²) >= 11 is 0. The van der Waals surface area contributed by atoms with E-state index in [1.54, 1.807) is 24.5 Å². The zero-order chi connectivity index (χ0) is 13.3. The number of hydrogen-bond donors (Lipinski definition) is 2. The summed E-state index contributed by atoms with van der Waals surface area (Å²) in [4.78, 5) is 4.07. The Balaban J connectivity index is 2.37. The first-order chi connectivity index (χ1) is 8.47. The Bertz CT molecular complexity index is 590. The third kappa shape index (κ3) is 2.34. The molecule has 0 atom stereocenters. The van der Waals surface area contributed by atoms with E-state index in [4.69, 9.17) is 5.73 Å². The minimum absolute atomic E-state index is 0.264. The molecule has 5 nitrogen and oxygen atoms in total. The molecule has 1 aromatic heterocycles. The van der Waals surface area contributed by atoms with Crippen LogP contribution in [-0.2, 0) is 0 Å². The molecular formula is C13H16N4O. The Hall–Kier alpha value is -2.30. The molecule has 0 fully saturated rings. The molecule has 18 heavy (non-hydrogen) atoms. The van der Waals surface area contributed by atoms with Crippen LogP contribution in [0.4, 0.5) is 5.95 Å². The highest BCUT2D eigenvalue weighted by atomic mass is 16.3. The molecule has 0 radical (unpaired) electrons. The number of aromatic nitrogens is 2. The molecular weight excluding hydrogens is 228 g/mol. The fourth-order valence-corrected chi connectivity index (χ4v) is 1.87. The lowest BCUT2D eigenvalue weighted by molar-refractivity contribution is 0.474. The van der Waals surface area contributed by atoms with Crippen LogP contribution in [0.3, 0.4) is 0 Å². The van der Waals surface area contributed by atoms with Crippen molar-refractivity contribution in [2.45, 2.75) is 20.8 Å². The van der Waals surface area contributed by atoms with Gasteiger partial charge in [-0.3, -0.25) is 0 Å². The van der Waals surface area contributed by atoms with Gasteiger partial charge in [0.25, 0.3) is 0 Å². The van der Waals surface area contributed by atoms with Gasteiger partial charge in [0.1, 0.15) is 5.75 Å². The Morgan fingerprint density at radius 3 is 2.39 bits per heavy atom. The number of rotatable bonds is 2. The lowest BCUT2D eigenvalue weighted by atomic mass is 10.0. The molecule has 1 heterocycles. The van der Waals surface area contributed by atoms with Gasteiger partial charge in [0.2, 0.25) is 5.95 Å². The van der Waals surface area contributed by atoms with Crippen LogP contribution in [0, 0.1) is 20.8 Å². The summed E-state index contributed by atoms with van der Waals surface area (Å²) in [5.41, 5.74) is 9.43. The third-order valence-corrected chi connectivity index (χ3v) is 2.72. The average Bonchev–Trinajstić information content (AvgIpc) is 2.55. The van der Waals surface area contributed by atoms with Gasteiger partial charge in [-0.05, 0) is 44.0 Å². The standard InChI is InChI=1S/C13H16N4O/c1-8-4-11(18)5-9(2)12(8)6-15-17-7-10(3)16-13(17)14/h4-7,18H,1-3H3,(H2,14,16). The molecule has 0 spiro atoms. The van der Waals surface area contributed by atoms with Gasteiger partial charge in [0.05, 0.1) is 18.1 Å². The fourth-order valence-electron chi connectivity index (χ4n) is 1.87. The van der Waals surface area contributed by atoms with E-state index in [2.05, 4.69) is 10.1 Å². The minimum atomic E-state index is 0.264. The monoisotopic (exact) mass is 244 g/mol. The van der Waals surface area contributed by atoms with Gasteiger partial charge in [-0.1, -0.05) is 0 Å². The molecule has 0 aliphatic heterocycles. The van der Waals surface area contributed by atoms with Crippen molar-refractivity contribution in [2.75, 3.05) is 5.73 Å². The first-order valence-corrected chi connectivity index (χ1v) is 5.63. The number of benzene rings is 1. The molecule has 0 bridgehead atoms. The van der Waals surface area contributed by atoms with Gasteiger partial charge < -0.3 is 10.8 Å². The molecule has 2 rings (SSSR count). The second-order valence-electron chi connectivity index (χ2n) is 4.32. The summed E-state index contributed by atoms with van der Waals surface area (Å²) < 4.78 is 1.53. The molecule has 0 saturated carbocycles. The summed E-state index contributed by atoms with van der Waals surface area (Å²) in [7, 11) is 0. The zero-order valence-electron chi connectivity index (χ0n) is 10.7. The fraction of sp³-hybridized carbons (Fsp3) is 0.231. The first-order valence-electron chi connectivity index (χ1n) is 5.63. The van der Waals surface area contributed by atoms with Crippen LogP contribution in [0.15, 0.2) is 23.4 Å². The molecule has 0 aliphatic rings. The topological polar surface area (TPSA) is 76.4 Å². The van der Waals surface area contributed by atoms with Gasteiger partial charge in [0, 0.05) is 5.56 Å². The highest BCUT2D eigenvalue weighted by Gasteiger charge is 2.03. The minimum Gasteiger partial charge on any atom is -0.508 e. The van der Waals surface area contributed by atoms with E-state index >= 15 is 0 Å². The summed E-state index contributed by atoms with van der Waals surface area (Å²) in [6, 6.07) is 3.41. The molecule has 2 aromatic rings. The number of nitrogens with two attached hydrogens (primary N) is 1. The highest BCUT2D eigenvalue weighted by Crippen LogP contribution is 2.19. The average molecular weight is 244 g/mol. The first kappa shape index (κ1) is 12.2. The van der Waals surface area contributed by atoms with Crippen LogP contribution >= 0.6 is 0 Å². The van der Waals surface area contributed by atoms with Crippen molar-refractivity contribution in [2.24, 2.45) is 5.10 Å². The lowest BCUT2D eigenvalue weighted by Gasteiger charge is -2.05. The number of nitrogens with zero attached hydrogens (tertiary/aromatic N) is 3. The highest BCUT2D eigenvalue weighted by molar-refractivity contribution is 5.84. The predicted octanol–water partition coefficient (Wildman–Crippen LogP) is 1.98. The molecule has 0 aliphatic carbocycles. The smallest absolute Gasteiger partial charge is 0.221 e. The van der Waals surface area contributed by atoms with E-state index in [0.29, 0.717) is 5.95 Å². The number of nitrogen functional groups attached to an aromatic ring is 1. The SMILES string of the molecule is Cc1cn(N=Cc2c(C)cc(O)cc2C)c(N)n1. The van der Waals surface area contributed by atoms with E-state index in [1.807, 2.05) is 20.8 Å². The van der Waals surface area contributed by atoms with Gasteiger partial charge in [-0.2, -0.15) is 5.10 Å². The number of phenols is 1. The van der Waals surface area contributed by atoms with Gasteiger partial charge >= 0.3 is 0 Å². The summed E-state index contributed by atoms with van der Waals surface area (Å²) in [5.74, 6) is 0.623. The van der Waals surface area contributed by atoms with Crippen LogP contribution in [-0.4, -0.2) is 21.0 Å². The second-order valence-corrected chi connectivity index (χ2v) is 4.32. The Morgan fingerprint density at radius 2 is 1.89 bits per heavy atom. The maximum absolute atomic E-state index is 9.47. The molecule has 1 aromatic carbocycles. The van der Waals surface area contributed by atoms with Crippen molar-refractivity contribution in [1.82, 2.24) is 9.66 Å². The van der Waals surface area contributed by atoms with Gasteiger partial charge in [-0.25, -0.2) is 9.66 Å². The van der Waals surface area contributed by atoms with Crippen LogP contribution in [0.1, 0.15) is 22.4 Å². The van der Waals surface area contributed by atoms with Crippen molar-refractivity contribution in [3.05, 3.63) is 40.7 Å². The molecule has 0 saturated heterocycles. The van der Waals surface area contributed by atoms with Crippen molar-refractivity contribution in [1.29, 1.82) is 0 Å². The Kier molecular flexibility index (Phi) is 3.06. The van der Waals surface area contributed by atoms with E-state index in [-0.39, 0.29) is 5.75 Å². The van der Waals surface area contributed by atoms with Crippen molar-refractivity contribution >= 4 is 12.2 Å². The van der Waals surface area contributed by atoms with Gasteiger partial charge in [-0.15, -0.1) is 0 Å². The predicted molar refractivity (Wildman–Crippen MR) is 71.9 cm³/mol. The number of hydrogen-bond acceptors (Lipinski definition) is 4. The number of phenolic OH excluding ortho intramolecular Hbond substituents is 1. The summed E-state index contributed by atoms with van der Waals surface area (Å²) in [5, 5.41) is 13.7. The van der Waals surface area contributed by atoms with Crippen molar-refractivity contribution in [3.8, 4) is 5.75 Å². The lowest BCUT2D eigenvalue weighted by Crippen LogP contribution is -1.98. The Morgan fingerprint density at radius 1 is 1.28 bits per heavy atom. The molecule has 3 N–H and O–H groups in total. The van der Waals surface area contributed by atoms with Crippen molar-refractivity contribution in [3.63, 3.8) is 0 Å². The number of aromatic hydroxyl groups is 1. The van der Waals surface area contributed by atoms with Crippen molar-refractivity contribution < 1.29 is 5.11 Å². The van der Waals surface area contributed by atoms with E-state index < -0.39 is 0 Å². The van der Waals surface area contributed by atoms with Crippen LogP contribution in [0.5, 0.6) is 5.75 Å². The third-order valence-electron chi connectivity index (χ3n) is 2.72. The van der Waals surface area contributed by atoms with E-state index in [1.165, 1.54) is 4.68 Å². The van der Waals surface area contributed by atoms with E-state index in [9.17, 15) is 5.11 Å². The number of anilines is 1. The summed E-state index contributed by atoms with van der Waals surface area (Å²) in [6.07, 6.45) is 3.48. The number of aryl methyl sites for hydroxylation is 3. The largest absolute Gasteiger partial charge is 0.508 e. The van der Waals surface area contributed by atoms with Crippen LogP contribution in [0.2, 0.25) is 0 Å². The number of imidazole rings is 1. The van der Waals surface area contributed by atoms with E-state index in [0.717, 1.165) is 22.4 Å². The second kappa shape index (κ2) is 4.52. The Labute approximate surface area is 106 Å². The van der Waals surface area contributed by atoms with Crippen LogP contribution in [0.25, 0.3) is 0 Å². The van der Waals surface area contributed by atoms with Gasteiger partial charge in [0.15, 0.2) is 0 Å². The molecule has 0 amide bonds. The molecule has 5 heteroatoms. The maximum Gasteiger partial charge on any atom is 0.221 e. The summed E-state index contributed by atoms with van der Waals surface area (Å²) in [6.45, 7) is 5.71. The zero-order valence-corrected chi connectivity index (χ0v) is 10.7. The quantitative estimate of drug-likeness (QED) is 0.793. The maximum atomic E-state index is 9.47. The van der Waals surface area contributed by atoms with Crippen LogP contribution < -0.4 is 5.73 Å². The molecule has 0 unspecified atom stereocenters.